The number of carbonyl (C=O) groups excluding carboxylic acids is 1. The van der Waals surface area contributed by atoms with Crippen molar-refractivity contribution in [3.8, 4) is 22.9 Å². The van der Waals surface area contributed by atoms with Gasteiger partial charge in [0, 0.05) is 37.0 Å². The lowest BCUT2D eigenvalue weighted by molar-refractivity contribution is 0.261. The quantitative estimate of drug-likeness (QED) is 0.515. The summed E-state index contributed by atoms with van der Waals surface area (Å²) in [6.45, 7) is 1.68. The summed E-state index contributed by atoms with van der Waals surface area (Å²) in [7, 11) is 1.80. The highest BCUT2D eigenvalue weighted by molar-refractivity contribution is 5.99. The average molecular weight is 409 g/mol. The number of hydrogen-bond acceptors (Lipinski definition) is 7. The Kier molecular flexibility index (Phi) is 5.08. The van der Waals surface area contributed by atoms with Crippen LogP contribution in [0.15, 0.2) is 53.6 Å². The van der Waals surface area contributed by atoms with E-state index >= 15 is 0 Å². The number of amides is 2. The molecule has 3 aromatic heterocycles. The Bertz CT molecular complexity index is 1200. The number of rotatable bonds is 5. The number of carbonyl (C=O) groups is 1. The molecular weight excluding hydrogens is 393 g/mol. The van der Waals surface area contributed by atoms with Gasteiger partial charge in [-0.3, -0.25) is 10.00 Å². The van der Waals surface area contributed by atoms with E-state index in [4.69, 9.17) is 9.26 Å². The van der Waals surface area contributed by atoms with Crippen molar-refractivity contribution in [2.24, 2.45) is 7.05 Å². The first kappa shape index (κ1) is 19.1. The summed E-state index contributed by atoms with van der Waals surface area (Å²) in [5.74, 6) is 0.639. The van der Waals surface area contributed by atoms with Gasteiger partial charge in [0.15, 0.2) is 5.82 Å². The molecule has 0 radical (unpaired) electrons. The number of nitrogens with zero attached hydrogens (tertiary/aromatic N) is 5. The Hall–Kier alpha value is -4.28. The summed E-state index contributed by atoms with van der Waals surface area (Å²) in [6.07, 6.45) is 4.83. The van der Waals surface area contributed by atoms with Crippen molar-refractivity contribution in [1.82, 2.24) is 24.9 Å². The van der Waals surface area contributed by atoms with Crippen LogP contribution in [0.3, 0.4) is 0 Å². The van der Waals surface area contributed by atoms with Crippen LogP contribution in [0.1, 0.15) is 5.76 Å². The molecule has 10 nitrogen and oxygen atoms in total. The maximum Gasteiger partial charge on any atom is 0.325 e. The molecule has 1 aromatic carbocycles. The third-order valence-electron chi connectivity index (χ3n) is 3.92. The van der Waals surface area contributed by atoms with Crippen molar-refractivity contribution < 1.29 is 18.4 Å². The molecule has 0 bridgehead atoms. The second-order valence-corrected chi connectivity index (χ2v) is 6.29. The molecule has 0 aliphatic carbocycles. The van der Waals surface area contributed by atoms with Crippen LogP contribution in [0.25, 0.3) is 11.3 Å². The number of aryl methyl sites for hydroxylation is 2. The fraction of sp³-hybridized carbons (Fsp3) is 0.105. The summed E-state index contributed by atoms with van der Waals surface area (Å²) < 4.78 is 26.4. The summed E-state index contributed by atoms with van der Waals surface area (Å²) in [4.78, 5) is 20.3. The second-order valence-electron chi connectivity index (χ2n) is 6.29. The minimum atomic E-state index is -0.680. The largest absolute Gasteiger partial charge is 0.439 e. The van der Waals surface area contributed by atoms with Crippen molar-refractivity contribution in [1.29, 1.82) is 0 Å². The van der Waals surface area contributed by atoms with E-state index in [-0.39, 0.29) is 23.1 Å². The Balaban J connectivity index is 1.48. The second kappa shape index (κ2) is 7.99. The Morgan fingerprint density at radius 3 is 2.80 bits per heavy atom. The van der Waals surface area contributed by atoms with Gasteiger partial charge < -0.3 is 14.6 Å². The van der Waals surface area contributed by atoms with Crippen LogP contribution >= 0.6 is 0 Å². The van der Waals surface area contributed by atoms with Gasteiger partial charge in [-0.25, -0.2) is 19.2 Å². The molecule has 152 valence electrons. The zero-order valence-electron chi connectivity index (χ0n) is 16.0. The first-order chi connectivity index (χ1) is 14.5. The number of anilines is 2. The minimum absolute atomic E-state index is 0.0771. The van der Waals surface area contributed by atoms with Gasteiger partial charge in [0.2, 0.25) is 5.88 Å². The molecular formula is C19H16FN7O3. The topological polar surface area (TPSA) is 120 Å². The number of hydrogen-bond donors (Lipinski definition) is 2. The molecule has 2 N–H and O–H groups in total. The fourth-order valence-electron chi connectivity index (χ4n) is 2.59. The summed E-state index contributed by atoms with van der Waals surface area (Å²) >= 11 is 0. The van der Waals surface area contributed by atoms with E-state index < -0.39 is 11.8 Å². The SMILES string of the molecule is Cc1cc(NC(=O)Nc2cc(Oc3cc(-c4cnn(C)c4)ncn3)ccc2F)no1. The Morgan fingerprint density at radius 2 is 2.07 bits per heavy atom. The number of nitrogens with one attached hydrogen (secondary N) is 2. The van der Waals surface area contributed by atoms with Crippen molar-refractivity contribution in [2.75, 3.05) is 10.6 Å². The summed E-state index contributed by atoms with van der Waals surface area (Å²) in [5.41, 5.74) is 1.34. The lowest BCUT2D eigenvalue weighted by Crippen LogP contribution is -2.20. The molecule has 0 unspecified atom stereocenters. The lowest BCUT2D eigenvalue weighted by atomic mass is 10.2. The molecule has 4 rings (SSSR count). The molecule has 0 spiro atoms. The Morgan fingerprint density at radius 1 is 1.20 bits per heavy atom. The number of ether oxygens (including phenoxy) is 1. The summed E-state index contributed by atoms with van der Waals surface area (Å²) in [5, 5.41) is 12.6. The van der Waals surface area contributed by atoms with Crippen LogP contribution in [0.5, 0.6) is 11.6 Å². The lowest BCUT2D eigenvalue weighted by Gasteiger charge is -2.10. The van der Waals surface area contributed by atoms with Crippen LogP contribution in [0.4, 0.5) is 20.7 Å². The maximum absolute atomic E-state index is 14.1. The molecule has 0 saturated heterocycles. The highest BCUT2D eigenvalue weighted by atomic mass is 19.1. The Labute approximate surface area is 169 Å². The predicted molar refractivity (Wildman–Crippen MR) is 105 cm³/mol. The van der Waals surface area contributed by atoms with Gasteiger partial charge in [0.1, 0.15) is 23.7 Å². The molecule has 30 heavy (non-hydrogen) atoms. The molecule has 0 aliphatic rings. The zero-order valence-corrected chi connectivity index (χ0v) is 16.0. The average Bonchev–Trinajstić information content (AvgIpc) is 3.33. The number of aromatic nitrogens is 5. The third kappa shape index (κ3) is 4.41. The van der Waals surface area contributed by atoms with Crippen LogP contribution in [0.2, 0.25) is 0 Å². The first-order valence-electron chi connectivity index (χ1n) is 8.76. The van der Waals surface area contributed by atoms with Crippen molar-refractivity contribution in [3.05, 3.63) is 60.6 Å². The van der Waals surface area contributed by atoms with Gasteiger partial charge >= 0.3 is 6.03 Å². The third-order valence-corrected chi connectivity index (χ3v) is 3.92. The molecule has 0 saturated carbocycles. The van der Waals surface area contributed by atoms with Crippen molar-refractivity contribution >= 4 is 17.5 Å². The van der Waals surface area contributed by atoms with E-state index in [1.54, 1.807) is 37.1 Å². The van der Waals surface area contributed by atoms with Crippen molar-refractivity contribution in [3.63, 3.8) is 0 Å². The van der Waals surface area contributed by atoms with Gasteiger partial charge in [-0.15, -0.1) is 0 Å². The van der Waals surface area contributed by atoms with E-state index in [1.165, 1.54) is 30.6 Å². The van der Waals surface area contributed by atoms with Crippen LogP contribution < -0.4 is 15.4 Å². The number of benzene rings is 1. The molecule has 4 aromatic rings. The van der Waals surface area contributed by atoms with E-state index in [2.05, 4.69) is 30.9 Å². The number of halogens is 1. The molecule has 11 heteroatoms. The van der Waals surface area contributed by atoms with Crippen molar-refractivity contribution in [2.45, 2.75) is 6.92 Å². The highest BCUT2D eigenvalue weighted by Crippen LogP contribution is 2.27. The van der Waals surface area contributed by atoms with Crippen LogP contribution in [-0.4, -0.2) is 30.9 Å². The van der Waals surface area contributed by atoms with E-state index in [1.807, 2.05) is 0 Å². The van der Waals surface area contributed by atoms with Crippen LogP contribution in [-0.2, 0) is 7.05 Å². The van der Waals surface area contributed by atoms with Gasteiger partial charge in [-0.1, -0.05) is 5.16 Å². The number of urea groups is 1. The normalized spacial score (nSPS) is 10.6. The molecule has 0 atom stereocenters. The molecule has 2 amide bonds. The minimum Gasteiger partial charge on any atom is -0.439 e. The van der Waals surface area contributed by atoms with Gasteiger partial charge in [0.25, 0.3) is 0 Å². The molecule has 0 fully saturated rings. The summed E-state index contributed by atoms with van der Waals surface area (Å²) in [6, 6.07) is 6.42. The van der Waals surface area contributed by atoms with E-state index in [0.29, 0.717) is 11.5 Å². The monoisotopic (exact) mass is 409 g/mol. The van der Waals surface area contributed by atoms with Crippen LogP contribution in [0, 0.1) is 12.7 Å². The van der Waals surface area contributed by atoms with Gasteiger partial charge in [0.05, 0.1) is 17.6 Å². The van der Waals surface area contributed by atoms with E-state index in [0.717, 1.165) is 5.56 Å². The fourth-order valence-corrected chi connectivity index (χ4v) is 2.59. The smallest absolute Gasteiger partial charge is 0.325 e. The standard InChI is InChI=1S/C19H16FN7O3/c1-11-5-17(26-30-11)25-19(28)24-16-6-13(3-4-14(16)20)29-18-7-15(21-10-22-18)12-8-23-27(2)9-12/h3-10H,1-2H3,(H2,24,25,26,28). The maximum atomic E-state index is 14.1. The van der Waals surface area contributed by atoms with E-state index in [9.17, 15) is 9.18 Å². The van der Waals surface area contributed by atoms with Gasteiger partial charge in [-0.2, -0.15) is 5.10 Å². The first-order valence-corrected chi connectivity index (χ1v) is 8.76. The van der Waals surface area contributed by atoms with Gasteiger partial charge in [-0.05, 0) is 19.1 Å². The molecule has 3 heterocycles. The molecule has 0 aliphatic heterocycles. The highest BCUT2D eigenvalue weighted by Gasteiger charge is 2.12. The zero-order chi connectivity index (χ0) is 21.1. The predicted octanol–water partition coefficient (Wildman–Crippen LogP) is 3.75.